The molecule has 2 amide bonds. The van der Waals surface area contributed by atoms with Crippen molar-refractivity contribution in [1.29, 1.82) is 0 Å². The van der Waals surface area contributed by atoms with Gasteiger partial charge >= 0.3 is 0 Å². The molecule has 2 aromatic rings. The molecule has 30 heavy (non-hydrogen) atoms. The zero-order valence-corrected chi connectivity index (χ0v) is 17.1. The van der Waals surface area contributed by atoms with Gasteiger partial charge < -0.3 is 14.8 Å². The standard InChI is InChI=1S/C23H25FN2O4/c1-3-29-15-5-14-26-22(27)20(16-6-8-17(24)9-7-16)21(23(26)28)25-18-10-12-19(13-11-18)30-4-2/h6-13,25H,3-5,14-15H2,1-2H3. The van der Waals surface area contributed by atoms with Gasteiger partial charge in [0.25, 0.3) is 11.8 Å². The fourth-order valence-corrected chi connectivity index (χ4v) is 3.19. The fourth-order valence-electron chi connectivity index (χ4n) is 3.19. The normalized spacial score (nSPS) is 13.9. The lowest BCUT2D eigenvalue weighted by atomic mass is 10.0. The van der Waals surface area contributed by atoms with Gasteiger partial charge in [0.05, 0.1) is 12.2 Å². The Bertz CT molecular complexity index is 923. The van der Waals surface area contributed by atoms with Crippen LogP contribution >= 0.6 is 0 Å². The van der Waals surface area contributed by atoms with E-state index in [-0.39, 0.29) is 17.8 Å². The molecule has 3 rings (SSSR count). The summed E-state index contributed by atoms with van der Waals surface area (Å²) in [6, 6.07) is 12.7. The van der Waals surface area contributed by atoms with E-state index >= 15 is 0 Å². The molecule has 158 valence electrons. The first-order valence-corrected chi connectivity index (χ1v) is 9.99. The summed E-state index contributed by atoms with van der Waals surface area (Å²) in [5, 5.41) is 3.07. The van der Waals surface area contributed by atoms with Gasteiger partial charge in [-0.05, 0) is 62.2 Å². The number of hydrogen-bond donors (Lipinski definition) is 1. The number of nitrogens with zero attached hydrogens (tertiary/aromatic N) is 1. The van der Waals surface area contributed by atoms with E-state index in [0.29, 0.717) is 43.2 Å². The van der Waals surface area contributed by atoms with Crippen LogP contribution in [-0.2, 0) is 14.3 Å². The van der Waals surface area contributed by atoms with Crippen molar-refractivity contribution in [1.82, 2.24) is 4.90 Å². The van der Waals surface area contributed by atoms with E-state index in [1.165, 1.54) is 29.2 Å². The minimum absolute atomic E-state index is 0.173. The molecule has 0 bridgehead atoms. The third-order valence-corrected chi connectivity index (χ3v) is 4.61. The smallest absolute Gasteiger partial charge is 0.278 e. The van der Waals surface area contributed by atoms with Gasteiger partial charge in [0.2, 0.25) is 0 Å². The lowest BCUT2D eigenvalue weighted by Crippen LogP contribution is -2.34. The zero-order chi connectivity index (χ0) is 21.5. The molecule has 7 heteroatoms. The molecular weight excluding hydrogens is 387 g/mol. The molecule has 0 unspecified atom stereocenters. The van der Waals surface area contributed by atoms with Gasteiger partial charge in [-0.2, -0.15) is 0 Å². The number of imide groups is 1. The van der Waals surface area contributed by atoms with Crippen LogP contribution in [0.2, 0.25) is 0 Å². The van der Waals surface area contributed by atoms with E-state index in [4.69, 9.17) is 9.47 Å². The van der Waals surface area contributed by atoms with Crippen molar-refractivity contribution in [2.75, 3.05) is 31.7 Å². The molecule has 0 spiro atoms. The maximum atomic E-state index is 13.4. The predicted molar refractivity (Wildman–Crippen MR) is 112 cm³/mol. The first kappa shape index (κ1) is 21.5. The van der Waals surface area contributed by atoms with Crippen molar-refractivity contribution in [2.45, 2.75) is 20.3 Å². The van der Waals surface area contributed by atoms with Crippen LogP contribution in [0.3, 0.4) is 0 Å². The summed E-state index contributed by atoms with van der Waals surface area (Å²) in [5.41, 5.74) is 1.53. The largest absolute Gasteiger partial charge is 0.494 e. The van der Waals surface area contributed by atoms with E-state index in [0.717, 1.165) is 0 Å². The molecule has 0 atom stereocenters. The topological polar surface area (TPSA) is 67.9 Å². The van der Waals surface area contributed by atoms with Crippen molar-refractivity contribution in [2.24, 2.45) is 0 Å². The molecule has 0 radical (unpaired) electrons. The van der Waals surface area contributed by atoms with Crippen LogP contribution in [0.4, 0.5) is 10.1 Å². The molecule has 0 fully saturated rings. The van der Waals surface area contributed by atoms with Crippen LogP contribution in [0, 0.1) is 5.82 Å². The predicted octanol–water partition coefficient (Wildman–Crippen LogP) is 3.84. The second-order valence-corrected chi connectivity index (χ2v) is 6.65. The van der Waals surface area contributed by atoms with E-state index in [1.807, 2.05) is 13.8 Å². The number of anilines is 1. The van der Waals surface area contributed by atoms with Crippen LogP contribution in [-0.4, -0.2) is 43.1 Å². The van der Waals surface area contributed by atoms with Gasteiger partial charge in [0.15, 0.2) is 0 Å². The summed E-state index contributed by atoms with van der Waals surface area (Å²) in [5.74, 6) is -0.519. The fraction of sp³-hybridized carbons (Fsp3) is 0.304. The Kier molecular flexibility index (Phi) is 7.19. The third kappa shape index (κ3) is 4.86. The van der Waals surface area contributed by atoms with Crippen LogP contribution < -0.4 is 10.1 Å². The third-order valence-electron chi connectivity index (χ3n) is 4.61. The van der Waals surface area contributed by atoms with E-state index in [1.54, 1.807) is 24.3 Å². The molecular formula is C23H25FN2O4. The number of carbonyl (C=O) groups excluding carboxylic acids is 2. The molecule has 6 nitrogen and oxygen atoms in total. The zero-order valence-electron chi connectivity index (χ0n) is 17.1. The van der Waals surface area contributed by atoms with Gasteiger partial charge in [-0.15, -0.1) is 0 Å². The first-order valence-electron chi connectivity index (χ1n) is 9.99. The number of halogens is 1. The summed E-state index contributed by atoms with van der Waals surface area (Å²) in [6.07, 6.45) is 0.540. The number of carbonyl (C=O) groups is 2. The van der Waals surface area contributed by atoms with Gasteiger partial charge in [-0.3, -0.25) is 14.5 Å². The van der Waals surface area contributed by atoms with Crippen LogP contribution in [0.15, 0.2) is 54.2 Å². The van der Waals surface area contributed by atoms with Crippen LogP contribution in [0.25, 0.3) is 5.57 Å². The monoisotopic (exact) mass is 412 g/mol. The quantitative estimate of drug-likeness (QED) is 0.474. The molecule has 0 aliphatic carbocycles. The van der Waals surface area contributed by atoms with Crippen LogP contribution in [0.1, 0.15) is 25.8 Å². The molecule has 0 aromatic heterocycles. The van der Waals surface area contributed by atoms with E-state index in [2.05, 4.69) is 5.32 Å². The molecule has 0 saturated heterocycles. The van der Waals surface area contributed by atoms with Gasteiger partial charge in [-0.25, -0.2) is 4.39 Å². The number of ether oxygens (including phenoxy) is 2. The maximum Gasteiger partial charge on any atom is 0.278 e. The second kappa shape index (κ2) is 10.0. The Labute approximate surface area is 175 Å². The number of rotatable bonds is 10. The number of hydrogen-bond acceptors (Lipinski definition) is 5. The van der Waals surface area contributed by atoms with Crippen molar-refractivity contribution < 1.29 is 23.5 Å². The summed E-state index contributed by atoms with van der Waals surface area (Å²) < 4.78 is 24.1. The summed E-state index contributed by atoms with van der Waals surface area (Å²) in [7, 11) is 0. The Morgan fingerprint density at radius 3 is 2.27 bits per heavy atom. The molecule has 1 N–H and O–H groups in total. The highest BCUT2D eigenvalue weighted by Gasteiger charge is 2.38. The van der Waals surface area contributed by atoms with Gasteiger partial charge in [0, 0.05) is 25.4 Å². The first-order chi connectivity index (χ1) is 14.5. The Balaban J connectivity index is 1.89. The van der Waals surface area contributed by atoms with Gasteiger partial charge in [0.1, 0.15) is 17.3 Å². The Morgan fingerprint density at radius 2 is 1.63 bits per heavy atom. The number of nitrogens with one attached hydrogen (secondary N) is 1. The Morgan fingerprint density at radius 1 is 0.933 bits per heavy atom. The maximum absolute atomic E-state index is 13.4. The molecule has 2 aromatic carbocycles. The number of benzene rings is 2. The van der Waals surface area contributed by atoms with Crippen molar-refractivity contribution in [3.63, 3.8) is 0 Å². The lowest BCUT2D eigenvalue weighted by molar-refractivity contribution is -0.137. The SMILES string of the molecule is CCOCCCN1C(=O)C(Nc2ccc(OCC)cc2)=C(c2ccc(F)cc2)C1=O. The average molecular weight is 412 g/mol. The van der Waals surface area contributed by atoms with Crippen molar-refractivity contribution in [3.8, 4) is 5.75 Å². The highest BCUT2D eigenvalue weighted by Crippen LogP contribution is 2.31. The van der Waals surface area contributed by atoms with Crippen molar-refractivity contribution in [3.05, 3.63) is 65.6 Å². The highest BCUT2D eigenvalue weighted by molar-refractivity contribution is 6.36. The summed E-state index contributed by atoms with van der Waals surface area (Å²) >= 11 is 0. The van der Waals surface area contributed by atoms with Crippen molar-refractivity contribution >= 4 is 23.1 Å². The number of amides is 2. The second-order valence-electron chi connectivity index (χ2n) is 6.65. The molecule has 1 aliphatic heterocycles. The lowest BCUT2D eigenvalue weighted by Gasteiger charge is -2.15. The molecule has 1 aliphatic rings. The van der Waals surface area contributed by atoms with Gasteiger partial charge in [-0.1, -0.05) is 12.1 Å². The highest BCUT2D eigenvalue weighted by atomic mass is 19.1. The molecule has 0 saturated carbocycles. The minimum Gasteiger partial charge on any atom is -0.494 e. The average Bonchev–Trinajstić information content (AvgIpc) is 2.97. The minimum atomic E-state index is -0.412. The Hall–Kier alpha value is -3.19. The van der Waals surface area contributed by atoms with Crippen LogP contribution in [0.5, 0.6) is 5.75 Å². The summed E-state index contributed by atoms with van der Waals surface area (Å²) in [4.78, 5) is 27.3. The molecule has 1 heterocycles. The summed E-state index contributed by atoms with van der Waals surface area (Å²) in [6.45, 7) is 5.62. The van der Waals surface area contributed by atoms with E-state index < -0.39 is 17.6 Å². The van der Waals surface area contributed by atoms with E-state index in [9.17, 15) is 14.0 Å².